The maximum Gasteiger partial charge on any atom is 0.410 e. The minimum atomic E-state index is -0.709. The van der Waals surface area contributed by atoms with E-state index in [2.05, 4.69) is 14.5 Å². The van der Waals surface area contributed by atoms with E-state index in [1.807, 2.05) is 32.2 Å². The zero-order chi connectivity index (χ0) is 20.1. The van der Waals surface area contributed by atoms with Crippen molar-refractivity contribution in [1.29, 1.82) is 0 Å². The van der Waals surface area contributed by atoms with Crippen LogP contribution in [0.3, 0.4) is 0 Å². The molecule has 1 amide bonds. The number of pyridine rings is 1. The number of ether oxygens (including phenoxy) is 1. The second-order valence-corrected chi connectivity index (χ2v) is 9.28. The van der Waals surface area contributed by atoms with Gasteiger partial charge in [-0.2, -0.15) is 0 Å². The molecule has 0 aromatic carbocycles. The van der Waals surface area contributed by atoms with E-state index in [1.54, 1.807) is 29.4 Å². The van der Waals surface area contributed by atoms with Crippen LogP contribution in [0.5, 0.6) is 0 Å². The molecular formula is C20H26N4O3S. The molecule has 1 aliphatic heterocycles. The number of imidazole rings is 1. The summed E-state index contributed by atoms with van der Waals surface area (Å²) in [5, 5.41) is 12.4. The molecule has 1 aliphatic rings. The summed E-state index contributed by atoms with van der Waals surface area (Å²) in [6, 6.07) is 2.02. The van der Waals surface area contributed by atoms with E-state index in [-0.39, 0.29) is 12.1 Å². The topological polar surface area (TPSA) is 80.5 Å². The number of aliphatic hydroxyl groups is 1. The van der Waals surface area contributed by atoms with Crippen molar-refractivity contribution in [2.75, 3.05) is 13.1 Å². The minimum Gasteiger partial charge on any atom is -0.444 e. The Morgan fingerprint density at radius 1 is 1.39 bits per heavy atom. The summed E-state index contributed by atoms with van der Waals surface area (Å²) in [7, 11) is 0. The number of hydrogen-bond acceptors (Lipinski definition) is 6. The van der Waals surface area contributed by atoms with Crippen molar-refractivity contribution in [3.05, 3.63) is 23.5 Å². The SMILES string of the molecule is C[C@@H](O)c1nc2cnc3ccsc3c2n1[C@H]1CCCN(C(=O)OC(C)(C)C)C1. The number of likely N-dealkylation sites (tertiary alicyclic amines) is 1. The van der Waals surface area contributed by atoms with Crippen LogP contribution in [0.15, 0.2) is 17.6 Å². The molecule has 0 aliphatic carbocycles. The van der Waals surface area contributed by atoms with E-state index >= 15 is 0 Å². The van der Waals surface area contributed by atoms with Gasteiger partial charge in [0.2, 0.25) is 0 Å². The van der Waals surface area contributed by atoms with Crippen molar-refractivity contribution >= 4 is 38.7 Å². The normalized spacial score (nSPS) is 19.3. The third kappa shape index (κ3) is 3.46. The summed E-state index contributed by atoms with van der Waals surface area (Å²) in [4.78, 5) is 23.5. The van der Waals surface area contributed by atoms with Crippen LogP contribution in [0.1, 0.15) is 58.5 Å². The second kappa shape index (κ2) is 7.00. The highest BCUT2D eigenvalue weighted by Crippen LogP contribution is 2.35. The fourth-order valence-corrected chi connectivity index (χ4v) is 4.71. The van der Waals surface area contributed by atoms with Gasteiger partial charge in [-0.15, -0.1) is 11.3 Å². The maximum absolute atomic E-state index is 12.6. The van der Waals surface area contributed by atoms with Gasteiger partial charge in [-0.25, -0.2) is 9.78 Å². The molecular weight excluding hydrogens is 376 g/mol. The third-order valence-corrected chi connectivity index (χ3v) is 5.85. The fraction of sp³-hybridized carbons (Fsp3) is 0.550. The van der Waals surface area contributed by atoms with Gasteiger partial charge in [-0.3, -0.25) is 4.98 Å². The molecule has 3 aromatic heterocycles. The number of rotatable bonds is 2. The minimum absolute atomic E-state index is 0.0311. The molecule has 150 valence electrons. The van der Waals surface area contributed by atoms with Crippen LogP contribution in [0.4, 0.5) is 4.79 Å². The number of fused-ring (bicyclic) bond motifs is 3. The van der Waals surface area contributed by atoms with Crippen molar-refractivity contribution in [2.24, 2.45) is 0 Å². The van der Waals surface area contributed by atoms with Gasteiger partial charge in [0.25, 0.3) is 0 Å². The van der Waals surface area contributed by atoms with E-state index in [4.69, 9.17) is 4.74 Å². The molecule has 1 N–H and O–H groups in total. The van der Waals surface area contributed by atoms with Crippen LogP contribution in [-0.4, -0.2) is 49.3 Å². The fourth-order valence-electron chi connectivity index (χ4n) is 3.82. The average molecular weight is 403 g/mol. The quantitative estimate of drug-likeness (QED) is 0.692. The molecule has 8 heteroatoms. The Hall–Kier alpha value is -2.19. The Bertz CT molecular complexity index is 1020. The van der Waals surface area contributed by atoms with Crippen molar-refractivity contribution in [3.8, 4) is 0 Å². The number of piperidine rings is 1. The Kier molecular flexibility index (Phi) is 4.79. The lowest BCUT2D eigenvalue weighted by Crippen LogP contribution is -2.43. The highest BCUT2D eigenvalue weighted by molar-refractivity contribution is 7.18. The number of amides is 1. The highest BCUT2D eigenvalue weighted by Gasteiger charge is 2.31. The lowest BCUT2D eigenvalue weighted by molar-refractivity contribution is 0.0170. The van der Waals surface area contributed by atoms with Gasteiger partial charge in [0.05, 0.1) is 28.0 Å². The van der Waals surface area contributed by atoms with Crippen LogP contribution >= 0.6 is 11.3 Å². The molecule has 2 atom stereocenters. The van der Waals surface area contributed by atoms with E-state index in [9.17, 15) is 9.90 Å². The summed E-state index contributed by atoms with van der Waals surface area (Å²) in [5.74, 6) is 0.619. The van der Waals surface area contributed by atoms with Crippen molar-refractivity contribution < 1.29 is 14.6 Å². The molecule has 1 saturated heterocycles. The predicted octanol–water partition coefficient (Wildman–Crippen LogP) is 4.27. The number of hydrogen-bond donors (Lipinski definition) is 1. The van der Waals surface area contributed by atoms with Crippen LogP contribution in [0, 0.1) is 0 Å². The molecule has 4 heterocycles. The lowest BCUT2D eigenvalue weighted by Gasteiger charge is -2.35. The third-order valence-electron chi connectivity index (χ3n) is 4.94. The van der Waals surface area contributed by atoms with Gasteiger partial charge in [-0.05, 0) is 52.0 Å². The van der Waals surface area contributed by atoms with Crippen molar-refractivity contribution in [1.82, 2.24) is 19.4 Å². The lowest BCUT2D eigenvalue weighted by atomic mass is 10.1. The molecule has 1 fully saturated rings. The van der Waals surface area contributed by atoms with E-state index in [1.165, 1.54) is 0 Å². The van der Waals surface area contributed by atoms with E-state index < -0.39 is 11.7 Å². The molecule has 0 saturated carbocycles. The zero-order valence-corrected chi connectivity index (χ0v) is 17.5. The van der Waals surface area contributed by atoms with Crippen molar-refractivity contribution in [3.63, 3.8) is 0 Å². The predicted molar refractivity (Wildman–Crippen MR) is 110 cm³/mol. The standard InChI is InChI=1S/C20H26N4O3S/c1-12(25)18-22-15-10-21-14-7-9-28-17(14)16(15)24(18)13-6-5-8-23(11-13)19(26)27-20(2,3)4/h7,9-10,12-13,25H,5-6,8,11H2,1-4H3/t12-,13+/m1/s1. The molecule has 28 heavy (non-hydrogen) atoms. The Labute approximate surface area is 167 Å². The van der Waals surface area contributed by atoms with Gasteiger partial charge in [0.15, 0.2) is 0 Å². The van der Waals surface area contributed by atoms with Crippen LogP contribution in [0.25, 0.3) is 21.3 Å². The molecule has 4 rings (SSSR count). The second-order valence-electron chi connectivity index (χ2n) is 8.37. The summed E-state index contributed by atoms with van der Waals surface area (Å²) >= 11 is 1.62. The smallest absolute Gasteiger partial charge is 0.410 e. The highest BCUT2D eigenvalue weighted by atomic mass is 32.1. The maximum atomic E-state index is 12.6. The first-order valence-corrected chi connectivity index (χ1v) is 10.5. The van der Waals surface area contributed by atoms with Gasteiger partial charge in [0.1, 0.15) is 23.0 Å². The molecule has 0 spiro atoms. The molecule has 3 aromatic rings. The number of thiophene rings is 1. The summed E-state index contributed by atoms with van der Waals surface area (Å²) in [6.45, 7) is 8.57. The molecule has 0 bridgehead atoms. The number of aromatic nitrogens is 3. The molecule has 7 nitrogen and oxygen atoms in total. The van der Waals surface area contributed by atoms with Gasteiger partial charge >= 0.3 is 6.09 Å². The molecule has 0 radical (unpaired) electrons. The summed E-state index contributed by atoms with van der Waals surface area (Å²) in [6.07, 6.45) is 2.56. The first-order valence-electron chi connectivity index (χ1n) is 9.64. The van der Waals surface area contributed by atoms with Gasteiger partial charge in [-0.1, -0.05) is 0 Å². The summed E-state index contributed by atoms with van der Waals surface area (Å²) in [5.41, 5.74) is 2.17. The number of nitrogens with zero attached hydrogens (tertiary/aromatic N) is 4. The van der Waals surface area contributed by atoms with Crippen LogP contribution in [0.2, 0.25) is 0 Å². The van der Waals surface area contributed by atoms with Gasteiger partial charge < -0.3 is 19.3 Å². The Balaban J connectivity index is 1.76. The zero-order valence-electron chi connectivity index (χ0n) is 16.7. The average Bonchev–Trinajstić information content (AvgIpc) is 3.24. The van der Waals surface area contributed by atoms with Crippen molar-refractivity contribution in [2.45, 2.75) is 58.3 Å². The van der Waals surface area contributed by atoms with Crippen LogP contribution < -0.4 is 0 Å². The monoisotopic (exact) mass is 402 g/mol. The molecule has 0 unspecified atom stereocenters. The van der Waals surface area contributed by atoms with E-state index in [0.29, 0.717) is 18.9 Å². The van der Waals surface area contributed by atoms with Gasteiger partial charge in [0, 0.05) is 13.1 Å². The number of aliphatic hydroxyl groups excluding tert-OH is 1. The Morgan fingerprint density at radius 3 is 2.89 bits per heavy atom. The summed E-state index contributed by atoms with van der Waals surface area (Å²) < 4.78 is 8.75. The number of carbonyl (C=O) groups excluding carboxylic acids is 1. The first-order chi connectivity index (χ1) is 13.2. The number of carbonyl (C=O) groups is 1. The van der Waals surface area contributed by atoms with Crippen LogP contribution in [-0.2, 0) is 4.74 Å². The largest absolute Gasteiger partial charge is 0.444 e. The first kappa shape index (κ1) is 19.1. The Morgan fingerprint density at radius 2 is 2.18 bits per heavy atom. The van der Waals surface area contributed by atoms with E-state index in [0.717, 1.165) is 34.1 Å².